The second kappa shape index (κ2) is 7.99. The predicted octanol–water partition coefficient (Wildman–Crippen LogP) is 5.54. The van der Waals surface area contributed by atoms with Crippen molar-refractivity contribution in [1.82, 2.24) is 25.1 Å². The monoisotopic (exact) mass is 407 g/mol. The van der Waals surface area contributed by atoms with Gasteiger partial charge in [0.1, 0.15) is 5.75 Å². The normalized spacial score (nSPS) is 11.2. The fraction of sp³-hybridized carbons (Fsp3) is 0.120. The Labute approximate surface area is 180 Å². The number of aromatic amines is 1. The first-order chi connectivity index (χ1) is 15.2. The Morgan fingerprint density at radius 3 is 2.03 bits per heavy atom. The van der Waals surface area contributed by atoms with Crippen molar-refractivity contribution in [2.45, 2.75) is 20.0 Å². The maximum Gasteiger partial charge on any atom is 0.181 e. The lowest BCUT2D eigenvalue weighted by Gasteiger charge is -2.10. The molecule has 6 heteroatoms. The Morgan fingerprint density at radius 2 is 1.32 bits per heavy atom. The molecular weight excluding hydrogens is 386 g/mol. The van der Waals surface area contributed by atoms with Crippen molar-refractivity contribution >= 4 is 11.0 Å². The fourth-order valence-corrected chi connectivity index (χ4v) is 3.44. The van der Waals surface area contributed by atoms with Gasteiger partial charge in [0.25, 0.3) is 0 Å². The third-order valence-corrected chi connectivity index (χ3v) is 4.93. The summed E-state index contributed by atoms with van der Waals surface area (Å²) in [5, 5.41) is 7.43. The number of benzene rings is 3. The van der Waals surface area contributed by atoms with Crippen molar-refractivity contribution in [3.8, 4) is 39.7 Å². The van der Waals surface area contributed by atoms with Crippen LogP contribution in [0.3, 0.4) is 0 Å². The van der Waals surface area contributed by atoms with Crippen molar-refractivity contribution in [2.24, 2.45) is 0 Å². The summed E-state index contributed by atoms with van der Waals surface area (Å²) in [6.45, 7) is 4.05. The van der Waals surface area contributed by atoms with Crippen molar-refractivity contribution in [1.29, 1.82) is 0 Å². The minimum Gasteiger partial charge on any atom is -0.491 e. The summed E-state index contributed by atoms with van der Waals surface area (Å²) >= 11 is 0. The van der Waals surface area contributed by atoms with Crippen LogP contribution < -0.4 is 4.74 Å². The molecule has 0 amide bonds. The largest absolute Gasteiger partial charge is 0.491 e. The van der Waals surface area contributed by atoms with Gasteiger partial charge in [-0.2, -0.15) is 5.10 Å². The average Bonchev–Trinajstić information content (AvgIpc) is 3.29. The van der Waals surface area contributed by atoms with E-state index in [0.717, 1.165) is 44.9 Å². The van der Waals surface area contributed by atoms with Gasteiger partial charge < -0.3 is 4.74 Å². The first kappa shape index (κ1) is 18.9. The molecule has 0 aliphatic heterocycles. The predicted molar refractivity (Wildman–Crippen MR) is 122 cm³/mol. The third kappa shape index (κ3) is 4.00. The molecule has 0 spiro atoms. The molecule has 0 bridgehead atoms. The van der Waals surface area contributed by atoms with E-state index in [0.29, 0.717) is 5.82 Å². The lowest BCUT2D eigenvalue weighted by atomic mass is 10.0. The van der Waals surface area contributed by atoms with Crippen LogP contribution >= 0.6 is 0 Å². The van der Waals surface area contributed by atoms with E-state index in [9.17, 15) is 0 Å². The number of nitrogens with one attached hydrogen (secondary N) is 1. The average molecular weight is 407 g/mol. The fourth-order valence-electron chi connectivity index (χ4n) is 3.44. The van der Waals surface area contributed by atoms with Crippen molar-refractivity contribution in [3.05, 3.63) is 79.1 Å². The molecule has 0 aliphatic rings. The zero-order valence-electron chi connectivity index (χ0n) is 17.3. The van der Waals surface area contributed by atoms with Gasteiger partial charge in [0.05, 0.1) is 17.1 Å². The van der Waals surface area contributed by atoms with Crippen LogP contribution in [0.15, 0.2) is 79.1 Å². The first-order valence-corrected chi connectivity index (χ1v) is 10.2. The summed E-state index contributed by atoms with van der Waals surface area (Å²) in [4.78, 5) is 13.3. The van der Waals surface area contributed by atoms with E-state index in [1.165, 1.54) is 0 Å². The molecule has 0 saturated carbocycles. The van der Waals surface area contributed by atoms with Crippen molar-refractivity contribution in [2.75, 3.05) is 0 Å². The highest BCUT2D eigenvalue weighted by Crippen LogP contribution is 2.27. The SMILES string of the molecule is CC(C)Oc1ccc(-c2ccc(-c3nc(-c4ccc5nccnc5c4)n[nH]3)cc2)cc1. The lowest BCUT2D eigenvalue weighted by Crippen LogP contribution is -2.05. The van der Waals surface area contributed by atoms with E-state index in [2.05, 4.69) is 49.4 Å². The summed E-state index contributed by atoms with van der Waals surface area (Å²) in [7, 11) is 0. The number of H-pyrrole nitrogens is 1. The number of ether oxygens (including phenoxy) is 1. The Bertz CT molecular complexity index is 1320. The third-order valence-electron chi connectivity index (χ3n) is 4.93. The van der Waals surface area contributed by atoms with Gasteiger partial charge in [-0.15, -0.1) is 0 Å². The molecule has 0 radical (unpaired) electrons. The minimum atomic E-state index is 0.166. The molecule has 0 unspecified atom stereocenters. The summed E-state index contributed by atoms with van der Waals surface area (Å²) in [6, 6.07) is 22.2. The van der Waals surface area contributed by atoms with Crippen molar-refractivity contribution in [3.63, 3.8) is 0 Å². The van der Waals surface area contributed by atoms with Crippen LogP contribution in [0.25, 0.3) is 44.9 Å². The van der Waals surface area contributed by atoms with Crippen LogP contribution in [0.2, 0.25) is 0 Å². The molecule has 0 fully saturated rings. The molecule has 1 N–H and O–H groups in total. The van der Waals surface area contributed by atoms with Gasteiger partial charge in [-0.05, 0) is 55.3 Å². The zero-order chi connectivity index (χ0) is 21.2. The summed E-state index contributed by atoms with van der Waals surface area (Å²) in [6.07, 6.45) is 3.53. The summed E-state index contributed by atoms with van der Waals surface area (Å²) < 4.78 is 5.72. The summed E-state index contributed by atoms with van der Waals surface area (Å²) in [5.74, 6) is 2.23. The minimum absolute atomic E-state index is 0.166. The molecule has 3 aromatic carbocycles. The standard InChI is InChI=1S/C25H21N5O/c1-16(2)31-21-10-7-18(8-11-21)17-3-5-19(6-4-17)24-28-25(30-29-24)20-9-12-22-23(15-20)27-14-13-26-22/h3-16H,1-2H3,(H,28,29,30). The Kier molecular flexibility index (Phi) is 4.88. The van der Waals surface area contributed by atoms with E-state index in [-0.39, 0.29) is 6.10 Å². The van der Waals surface area contributed by atoms with Gasteiger partial charge in [0.2, 0.25) is 0 Å². The Morgan fingerprint density at radius 1 is 0.710 bits per heavy atom. The number of aromatic nitrogens is 5. The van der Waals surface area contributed by atoms with E-state index in [1.54, 1.807) is 12.4 Å². The van der Waals surface area contributed by atoms with Gasteiger partial charge in [-0.3, -0.25) is 15.1 Å². The number of fused-ring (bicyclic) bond motifs is 1. The highest BCUT2D eigenvalue weighted by atomic mass is 16.5. The van der Waals surface area contributed by atoms with Gasteiger partial charge in [0, 0.05) is 23.5 Å². The second-order valence-electron chi connectivity index (χ2n) is 7.54. The molecule has 5 rings (SSSR count). The quantitative estimate of drug-likeness (QED) is 0.414. The maximum atomic E-state index is 5.72. The van der Waals surface area contributed by atoms with Crippen LogP contribution in [-0.2, 0) is 0 Å². The molecule has 31 heavy (non-hydrogen) atoms. The number of hydrogen-bond acceptors (Lipinski definition) is 5. The lowest BCUT2D eigenvalue weighted by molar-refractivity contribution is 0.242. The summed E-state index contributed by atoms with van der Waals surface area (Å²) in [5.41, 5.74) is 5.81. The van der Waals surface area contributed by atoms with Gasteiger partial charge in [-0.25, -0.2) is 4.98 Å². The maximum absolute atomic E-state index is 5.72. The van der Waals surface area contributed by atoms with Crippen LogP contribution in [-0.4, -0.2) is 31.3 Å². The van der Waals surface area contributed by atoms with E-state index >= 15 is 0 Å². The Balaban J connectivity index is 1.37. The first-order valence-electron chi connectivity index (χ1n) is 10.2. The molecular formula is C25H21N5O. The Hall–Kier alpha value is -4.06. The molecule has 2 aromatic heterocycles. The number of nitrogens with zero attached hydrogens (tertiary/aromatic N) is 4. The second-order valence-corrected chi connectivity index (χ2v) is 7.54. The molecule has 5 aromatic rings. The molecule has 2 heterocycles. The highest BCUT2D eigenvalue weighted by molar-refractivity contribution is 5.79. The molecule has 0 saturated heterocycles. The smallest absolute Gasteiger partial charge is 0.181 e. The van der Waals surface area contributed by atoms with E-state index in [1.807, 2.05) is 56.3 Å². The van der Waals surface area contributed by atoms with Gasteiger partial charge in [-0.1, -0.05) is 36.4 Å². The molecule has 6 nitrogen and oxygen atoms in total. The van der Waals surface area contributed by atoms with Gasteiger partial charge >= 0.3 is 0 Å². The molecule has 152 valence electrons. The molecule has 0 atom stereocenters. The van der Waals surface area contributed by atoms with Crippen LogP contribution in [0.1, 0.15) is 13.8 Å². The number of hydrogen-bond donors (Lipinski definition) is 1. The van der Waals surface area contributed by atoms with E-state index < -0.39 is 0 Å². The van der Waals surface area contributed by atoms with E-state index in [4.69, 9.17) is 4.74 Å². The van der Waals surface area contributed by atoms with Gasteiger partial charge in [0.15, 0.2) is 11.6 Å². The highest BCUT2D eigenvalue weighted by Gasteiger charge is 2.10. The topological polar surface area (TPSA) is 76.6 Å². The number of rotatable bonds is 5. The van der Waals surface area contributed by atoms with Crippen LogP contribution in [0.4, 0.5) is 0 Å². The molecule has 0 aliphatic carbocycles. The van der Waals surface area contributed by atoms with Crippen LogP contribution in [0, 0.1) is 0 Å². The van der Waals surface area contributed by atoms with Crippen molar-refractivity contribution < 1.29 is 4.74 Å². The van der Waals surface area contributed by atoms with Crippen LogP contribution in [0.5, 0.6) is 5.75 Å². The zero-order valence-corrected chi connectivity index (χ0v) is 17.3.